The third kappa shape index (κ3) is 637. The largest absolute Gasteiger partial charge is 1.00 e. The van der Waals surface area contributed by atoms with Crippen LogP contribution in [0.15, 0.2) is 0 Å². The first-order valence-electron chi connectivity index (χ1n) is 1.01. The third-order valence-electron chi connectivity index (χ3n) is 0. The van der Waals surface area contributed by atoms with Gasteiger partial charge in [-0.1, -0.05) is 5.40 Å². The van der Waals surface area contributed by atoms with E-state index < -0.39 is 0 Å². The fourth-order valence-electron chi connectivity index (χ4n) is 0. The Morgan fingerprint density at radius 3 is 1.67 bits per heavy atom. The Kier molecular flexibility index (Phi) is 162. The van der Waals surface area contributed by atoms with Gasteiger partial charge in [-0.15, -0.1) is 0 Å². The number of nitriles is 1. The first kappa shape index (κ1) is 16.3. The van der Waals surface area contributed by atoms with Gasteiger partial charge in [-0.2, -0.15) is 0 Å². The maximum atomic E-state index is 7.13. The van der Waals surface area contributed by atoms with E-state index in [0.717, 1.165) is 0 Å². The summed E-state index contributed by atoms with van der Waals surface area (Å²) in [5.74, 6) is 0. The molecule has 0 heterocycles. The summed E-state index contributed by atoms with van der Waals surface area (Å²) in [7, 11) is 1.50. The molecule has 0 saturated heterocycles. The molecule has 2 nitrogen and oxygen atoms in total. The molecule has 0 aliphatic heterocycles. The van der Waals surface area contributed by atoms with Crippen LogP contribution in [0.4, 0.5) is 0 Å². The minimum Gasteiger partial charge on any atom is -0.696 e. The van der Waals surface area contributed by atoms with E-state index in [-0.39, 0.29) is 18.9 Å². The molecule has 0 bridgehead atoms. The molecule has 0 aromatic heterocycles. The van der Waals surface area contributed by atoms with Crippen LogP contribution < -0.4 is 24.6 Å². The fraction of sp³-hybridized carbons (Fsp3) is 0.500. The molecule has 6 heavy (non-hydrogen) atoms. The number of nitrogens with two attached hydrogens (primary N) is 1. The third-order valence-corrected chi connectivity index (χ3v) is 0. The summed E-state index contributed by atoms with van der Waals surface area (Å²) < 4.78 is 0. The van der Waals surface area contributed by atoms with Crippen LogP contribution in [0, 0.1) is 10.7 Å². The molecule has 0 aliphatic rings. The Morgan fingerprint density at radius 1 is 1.67 bits per heavy atom. The van der Waals surface area contributed by atoms with Crippen LogP contribution in [0.1, 0.15) is 0 Å². The summed E-state index contributed by atoms with van der Waals surface area (Å²) in [6.45, 7) is 0. The van der Waals surface area contributed by atoms with E-state index in [1.807, 2.05) is 0 Å². The van der Waals surface area contributed by atoms with Crippen molar-refractivity contribution in [2.75, 3.05) is 7.05 Å². The SMILES string of the molecule is CN.N#C[S-].[Li+]. The van der Waals surface area contributed by atoms with Crippen molar-refractivity contribution in [1.82, 2.24) is 0 Å². The summed E-state index contributed by atoms with van der Waals surface area (Å²) in [6, 6.07) is 0. The molecule has 0 aromatic rings. The Morgan fingerprint density at radius 2 is 1.67 bits per heavy atom. The zero-order valence-corrected chi connectivity index (χ0v) is 4.75. The molecular weight excluding hydrogens is 91.0 g/mol. The average molecular weight is 96.1 g/mol. The number of hydrogen-bond donors (Lipinski definition) is 1. The molecule has 0 spiro atoms. The van der Waals surface area contributed by atoms with Gasteiger partial charge in [0.15, 0.2) is 0 Å². The Bertz CT molecular complexity index is 33.0. The van der Waals surface area contributed by atoms with E-state index in [1.165, 1.54) is 12.4 Å². The molecule has 0 aromatic carbocycles. The summed E-state index contributed by atoms with van der Waals surface area (Å²) in [6.07, 6.45) is 0. The van der Waals surface area contributed by atoms with Gasteiger partial charge in [0.05, 0.1) is 0 Å². The first-order valence-corrected chi connectivity index (χ1v) is 1.41. The van der Waals surface area contributed by atoms with E-state index in [4.69, 9.17) is 5.26 Å². The van der Waals surface area contributed by atoms with Crippen molar-refractivity contribution < 1.29 is 18.9 Å². The average Bonchev–Trinajstić information content (AvgIpc) is 1.46. The molecule has 0 fully saturated rings. The van der Waals surface area contributed by atoms with Crippen LogP contribution in [-0.4, -0.2) is 7.05 Å². The van der Waals surface area contributed by atoms with Crippen molar-refractivity contribution in [3.05, 3.63) is 0 Å². The normalized spacial score (nSPS) is 2.17. The summed E-state index contributed by atoms with van der Waals surface area (Å²) in [4.78, 5) is 0. The summed E-state index contributed by atoms with van der Waals surface area (Å²) in [5.41, 5.74) is 4.50. The van der Waals surface area contributed by atoms with E-state index >= 15 is 0 Å². The Balaban J connectivity index is -0.0000000275. The molecule has 30 valence electrons. The van der Waals surface area contributed by atoms with Crippen LogP contribution >= 0.6 is 0 Å². The minimum absolute atomic E-state index is 0. The van der Waals surface area contributed by atoms with Crippen molar-refractivity contribution in [1.29, 1.82) is 5.26 Å². The van der Waals surface area contributed by atoms with E-state index in [9.17, 15) is 0 Å². The number of nitrogens with zero attached hydrogens (tertiary/aromatic N) is 1. The van der Waals surface area contributed by atoms with Crippen molar-refractivity contribution in [3.63, 3.8) is 0 Å². The van der Waals surface area contributed by atoms with Gasteiger partial charge in [0.25, 0.3) is 0 Å². The van der Waals surface area contributed by atoms with E-state index in [2.05, 4.69) is 18.4 Å². The second-order valence-electron chi connectivity index (χ2n) is 0.0913. The van der Waals surface area contributed by atoms with Gasteiger partial charge in [0.1, 0.15) is 0 Å². The van der Waals surface area contributed by atoms with Gasteiger partial charge >= 0.3 is 18.9 Å². The molecule has 0 radical (unpaired) electrons. The fourth-order valence-corrected chi connectivity index (χ4v) is 0. The van der Waals surface area contributed by atoms with Crippen LogP contribution in [0.5, 0.6) is 0 Å². The smallest absolute Gasteiger partial charge is 0.696 e. The number of thiocyanates is 1. The van der Waals surface area contributed by atoms with Crippen LogP contribution in [0.25, 0.3) is 0 Å². The van der Waals surface area contributed by atoms with Gasteiger partial charge in [-0.25, -0.2) is 5.26 Å². The van der Waals surface area contributed by atoms with Crippen LogP contribution in [0.3, 0.4) is 0 Å². The topological polar surface area (TPSA) is 49.8 Å². The zero-order chi connectivity index (χ0) is 4.71. The molecule has 2 N–H and O–H groups in total. The second kappa shape index (κ2) is 59.7. The number of rotatable bonds is 0. The van der Waals surface area contributed by atoms with Gasteiger partial charge in [0.2, 0.25) is 0 Å². The van der Waals surface area contributed by atoms with Crippen LogP contribution in [0.2, 0.25) is 0 Å². The van der Waals surface area contributed by atoms with Crippen molar-refractivity contribution in [2.24, 2.45) is 5.73 Å². The second-order valence-corrected chi connectivity index (χ2v) is 0.274. The Hall–Kier alpha value is 0.267. The molecule has 0 unspecified atom stereocenters. The molecule has 4 heteroatoms. The van der Waals surface area contributed by atoms with E-state index in [1.54, 1.807) is 0 Å². The molecule has 0 aliphatic carbocycles. The maximum Gasteiger partial charge on any atom is 1.00 e. The molecule has 0 saturated carbocycles. The predicted molar refractivity (Wildman–Crippen MR) is 23.1 cm³/mol. The predicted octanol–water partition coefficient (Wildman–Crippen LogP) is -3.41. The van der Waals surface area contributed by atoms with Gasteiger partial charge in [-0.05, 0) is 7.05 Å². The van der Waals surface area contributed by atoms with Gasteiger partial charge < -0.3 is 18.4 Å². The van der Waals surface area contributed by atoms with Gasteiger partial charge in [-0.3, -0.25) is 0 Å². The molecule has 0 atom stereocenters. The van der Waals surface area contributed by atoms with Crippen molar-refractivity contribution in [3.8, 4) is 5.40 Å². The number of hydrogen-bond acceptors (Lipinski definition) is 3. The summed E-state index contributed by atoms with van der Waals surface area (Å²) in [5, 5.41) is 8.47. The van der Waals surface area contributed by atoms with Crippen LogP contribution in [-0.2, 0) is 12.6 Å². The minimum atomic E-state index is 0. The van der Waals surface area contributed by atoms with Gasteiger partial charge in [0, 0.05) is 0 Å². The molecular formula is C2H5LiN2S. The maximum absolute atomic E-state index is 7.13. The quantitative estimate of drug-likeness (QED) is 0.194. The molecule has 0 amide bonds. The monoisotopic (exact) mass is 96.0 g/mol. The van der Waals surface area contributed by atoms with Crippen molar-refractivity contribution in [2.45, 2.75) is 0 Å². The molecule has 0 rings (SSSR count). The van der Waals surface area contributed by atoms with E-state index in [0.29, 0.717) is 0 Å². The first-order chi connectivity index (χ1) is 2.41. The Labute approximate surface area is 55.3 Å². The van der Waals surface area contributed by atoms with Crippen molar-refractivity contribution >= 4 is 12.6 Å². The summed E-state index contributed by atoms with van der Waals surface area (Å²) >= 11 is 3.70. The zero-order valence-electron chi connectivity index (χ0n) is 3.93. The standard InChI is InChI=1S/CHNS.CH5N.Li/c2-1-3;1-2;/h3H;2H2,1H3;/q;;+1/p-1.